The zero-order chi connectivity index (χ0) is 27.4. The minimum Gasteiger partial charge on any atom is -0.493 e. The van der Waals surface area contributed by atoms with Crippen LogP contribution in [-0.4, -0.2) is 36.8 Å². The number of ether oxygens (including phenoxy) is 3. The zero-order valence-corrected chi connectivity index (χ0v) is 24.5. The third-order valence-electron chi connectivity index (χ3n) is 7.91. The SMILES string of the molecule is CCC(CC)(c1ccc(C=CC(O)C(C)(C)C)c(C)c1)c1ccc(OCC2COC(C)(C)OC2)c(C)c1. The maximum Gasteiger partial charge on any atom is 0.162 e. The van der Waals surface area contributed by atoms with E-state index in [1.54, 1.807) is 0 Å². The highest BCUT2D eigenvalue weighted by Gasteiger charge is 2.32. The van der Waals surface area contributed by atoms with E-state index < -0.39 is 11.9 Å². The first-order valence-corrected chi connectivity index (χ1v) is 13.8. The van der Waals surface area contributed by atoms with E-state index in [-0.39, 0.29) is 16.7 Å². The summed E-state index contributed by atoms with van der Waals surface area (Å²) < 4.78 is 17.8. The third kappa shape index (κ3) is 7.04. The lowest BCUT2D eigenvalue weighted by molar-refractivity contribution is -0.264. The molecule has 2 aromatic rings. The molecule has 0 bridgehead atoms. The topological polar surface area (TPSA) is 47.9 Å². The fraction of sp³-hybridized carbons (Fsp3) is 0.576. The Hall–Kier alpha value is -2.14. The lowest BCUT2D eigenvalue weighted by Crippen LogP contribution is -2.41. The van der Waals surface area contributed by atoms with E-state index in [2.05, 4.69) is 64.1 Å². The molecule has 0 radical (unpaired) electrons. The summed E-state index contributed by atoms with van der Waals surface area (Å²) in [5.41, 5.74) is 5.92. The zero-order valence-electron chi connectivity index (χ0n) is 24.5. The molecule has 0 amide bonds. The average Bonchev–Trinajstić information content (AvgIpc) is 2.84. The maximum absolute atomic E-state index is 10.4. The van der Waals surface area contributed by atoms with Gasteiger partial charge in [-0.3, -0.25) is 0 Å². The minimum absolute atomic E-state index is 0.0716. The Morgan fingerprint density at radius 3 is 2.05 bits per heavy atom. The number of hydrogen-bond acceptors (Lipinski definition) is 4. The summed E-state index contributed by atoms with van der Waals surface area (Å²) in [6, 6.07) is 13.4. The molecule has 1 unspecified atom stereocenters. The second-order valence-electron chi connectivity index (χ2n) is 12.2. The summed E-state index contributed by atoms with van der Waals surface area (Å²) >= 11 is 0. The summed E-state index contributed by atoms with van der Waals surface area (Å²) in [6.07, 6.45) is 5.49. The lowest BCUT2D eigenvalue weighted by atomic mass is 9.70. The van der Waals surface area contributed by atoms with Crippen molar-refractivity contribution in [2.75, 3.05) is 19.8 Å². The van der Waals surface area contributed by atoms with Gasteiger partial charge in [-0.2, -0.15) is 0 Å². The molecule has 2 aromatic carbocycles. The molecule has 1 fully saturated rings. The molecule has 1 aliphatic rings. The van der Waals surface area contributed by atoms with E-state index in [4.69, 9.17) is 14.2 Å². The average molecular weight is 509 g/mol. The van der Waals surface area contributed by atoms with Gasteiger partial charge in [0.15, 0.2) is 5.79 Å². The Balaban J connectivity index is 1.80. The van der Waals surface area contributed by atoms with Crippen molar-refractivity contribution in [1.82, 2.24) is 0 Å². The summed E-state index contributed by atoms with van der Waals surface area (Å²) in [5, 5.41) is 10.4. The van der Waals surface area contributed by atoms with Crippen LogP contribution in [0.4, 0.5) is 0 Å². The molecule has 204 valence electrons. The first kappa shape index (κ1) is 29.4. The van der Waals surface area contributed by atoms with Crippen molar-refractivity contribution in [3.05, 3.63) is 70.3 Å². The molecule has 1 atom stereocenters. The Morgan fingerprint density at radius 2 is 1.54 bits per heavy atom. The van der Waals surface area contributed by atoms with Crippen LogP contribution in [-0.2, 0) is 14.9 Å². The van der Waals surface area contributed by atoms with Gasteiger partial charge in [-0.15, -0.1) is 0 Å². The smallest absolute Gasteiger partial charge is 0.162 e. The quantitative estimate of drug-likeness (QED) is 0.379. The maximum atomic E-state index is 10.4. The van der Waals surface area contributed by atoms with Gasteiger partial charge >= 0.3 is 0 Å². The number of rotatable bonds is 9. The highest BCUT2D eigenvalue weighted by molar-refractivity contribution is 5.57. The van der Waals surface area contributed by atoms with Crippen molar-refractivity contribution >= 4 is 6.08 Å². The van der Waals surface area contributed by atoms with Crippen molar-refractivity contribution in [3.63, 3.8) is 0 Å². The van der Waals surface area contributed by atoms with E-state index in [1.807, 2.05) is 46.8 Å². The van der Waals surface area contributed by atoms with E-state index in [9.17, 15) is 5.11 Å². The first-order chi connectivity index (χ1) is 17.3. The highest BCUT2D eigenvalue weighted by atomic mass is 16.7. The second-order valence-corrected chi connectivity index (χ2v) is 12.2. The van der Waals surface area contributed by atoms with Crippen molar-refractivity contribution in [2.24, 2.45) is 11.3 Å². The molecule has 0 aromatic heterocycles. The van der Waals surface area contributed by atoms with Crippen LogP contribution in [0.1, 0.15) is 89.1 Å². The molecule has 0 aliphatic carbocycles. The molecular weight excluding hydrogens is 460 g/mol. The van der Waals surface area contributed by atoms with Crippen LogP contribution in [0.2, 0.25) is 0 Å². The molecular formula is C33H48O4. The van der Waals surface area contributed by atoms with Gasteiger partial charge in [0.05, 0.1) is 25.9 Å². The molecule has 0 spiro atoms. The van der Waals surface area contributed by atoms with Crippen LogP contribution in [0.15, 0.2) is 42.5 Å². The van der Waals surface area contributed by atoms with E-state index in [0.717, 1.165) is 29.7 Å². The molecule has 1 heterocycles. The van der Waals surface area contributed by atoms with Crippen molar-refractivity contribution < 1.29 is 19.3 Å². The molecule has 1 saturated heterocycles. The van der Waals surface area contributed by atoms with Gasteiger partial charge in [0.2, 0.25) is 0 Å². The standard InChI is InChI=1S/C33H48O4/c1-10-33(11-2,27-14-12-26(23(3)18-27)13-17-30(34)31(5,6)7)28-15-16-29(24(4)19-28)35-20-25-21-36-32(8,9)37-22-25/h12-19,25,30,34H,10-11,20-22H2,1-9H3. The van der Waals surface area contributed by atoms with Gasteiger partial charge in [0.25, 0.3) is 0 Å². The van der Waals surface area contributed by atoms with Gasteiger partial charge in [-0.1, -0.05) is 77.1 Å². The Kier molecular flexibility index (Phi) is 9.32. The fourth-order valence-electron chi connectivity index (χ4n) is 5.02. The number of benzene rings is 2. The number of aliphatic hydroxyl groups is 1. The fourth-order valence-corrected chi connectivity index (χ4v) is 5.02. The predicted molar refractivity (Wildman–Crippen MR) is 153 cm³/mol. The molecule has 4 heteroatoms. The van der Waals surface area contributed by atoms with Crippen molar-refractivity contribution in [1.29, 1.82) is 0 Å². The van der Waals surface area contributed by atoms with Crippen LogP contribution in [0.3, 0.4) is 0 Å². The van der Waals surface area contributed by atoms with Crippen molar-refractivity contribution in [3.8, 4) is 5.75 Å². The molecule has 3 rings (SSSR count). The Labute approximate surface area is 225 Å². The Morgan fingerprint density at radius 1 is 0.973 bits per heavy atom. The second kappa shape index (κ2) is 11.7. The van der Waals surface area contributed by atoms with Gasteiger partial charge in [0, 0.05) is 11.3 Å². The van der Waals surface area contributed by atoms with Crippen LogP contribution < -0.4 is 4.74 Å². The monoisotopic (exact) mass is 508 g/mol. The molecule has 0 saturated carbocycles. The van der Waals surface area contributed by atoms with Gasteiger partial charge in [-0.25, -0.2) is 0 Å². The Bertz CT molecular complexity index is 1060. The lowest BCUT2D eigenvalue weighted by Gasteiger charge is -2.35. The van der Waals surface area contributed by atoms with E-state index in [1.165, 1.54) is 16.7 Å². The van der Waals surface area contributed by atoms with Crippen LogP contribution in [0, 0.1) is 25.2 Å². The van der Waals surface area contributed by atoms with E-state index >= 15 is 0 Å². The van der Waals surface area contributed by atoms with Crippen LogP contribution >= 0.6 is 0 Å². The highest BCUT2D eigenvalue weighted by Crippen LogP contribution is 2.41. The van der Waals surface area contributed by atoms with Crippen LogP contribution in [0.5, 0.6) is 5.75 Å². The minimum atomic E-state index is -0.502. The summed E-state index contributed by atoms with van der Waals surface area (Å²) in [6.45, 7) is 20.8. The molecule has 1 aliphatic heterocycles. The van der Waals surface area contributed by atoms with E-state index in [0.29, 0.717) is 19.8 Å². The largest absolute Gasteiger partial charge is 0.493 e. The number of aliphatic hydroxyl groups excluding tert-OH is 1. The van der Waals surface area contributed by atoms with Gasteiger partial charge in [0.1, 0.15) is 5.75 Å². The molecule has 1 N–H and O–H groups in total. The molecule has 4 nitrogen and oxygen atoms in total. The number of hydrogen-bond donors (Lipinski definition) is 1. The third-order valence-corrected chi connectivity index (χ3v) is 7.91. The normalized spacial score (nSPS) is 17.8. The van der Waals surface area contributed by atoms with Crippen molar-refractivity contribution in [2.45, 2.75) is 92.5 Å². The summed E-state index contributed by atoms with van der Waals surface area (Å²) in [4.78, 5) is 0. The first-order valence-electron chi connectivity index (χ1n) is 13.8. The number of aryl methyl sites for hydroxylation is 2. The summed E-state index contributed by atoms with van der Waals surface area (Å²) in [5.74, 6) is 0.652. The van der Waals surface area contributed by atoms with Gasteiger partial charge < -0.3 is 19.3 Å². The van der Waals surface area contributed by atoms with Crippen LogP contribution in [0.25, 0.3) is 6.08 Å². The van der Waals surface area contributed by atoms with Gasteiger partial charge in [-0.05, 0) is 79.8 Å². The summed E-state index contributed by atoms with van der Waals surface area (Å²) in [7, 11) is 0. The predicted octanol–water partition coefficient (Wildman–Crippen LogP) is 7.61. The molecule has 37 heavy (non-hydrogen) atoms.